The first kappa shape index (κ1) is 37.5. The molecule has 3 saturated heterocycles. The molecule has 3 atom stereocenters. The Morgan fingerprint density at radius 3 is 2.03 bits per heavy atom. The number of amides is 5. The molecule has 0 aromatic heterocycles. The highest BCUT2D eigenvalue weighted by Crippen LogP contribution is 2.48. The van der Waals surface area contributed by atoms with E-state index in [-0.39, 0.29) is 47.8 Å². The fourth-order valence-electron chi connectivity index (χ4n) is 11.0. The van der Waals surface area contributed by atoms with Gasteiger partial charge in [-0.3, -0.25) is 39.1 Å². The number of likely N-dealkylation sites (tertiary alicyclic amines) is 1. The summed E-state index contributed by atoms with van der Waals surface area (Å²) in [6.07, 6.45) is 6.43. The normalized spacial score (nSPS) is 23.9. The quantitative estimate of drug-likeness (QED) is 0.232. The molecule has 11 heteroatoms. The van der Waals surface area contributed by atoms with Gasteiger partial charge in [0.25, 0.3) is 11.8 Å². The van der Waals surface area contributed by atoms with Crippen molar-refractivity contribution >= 4 is 35.2 Å². The molecule has 4 aromatic carbocycles. The van der Waals surface area contributed by atoms with Crippen molar-refractivity contribution in [3.63, 3.8) is 0 Å². The van der Waals surface area contributed by atoms with Gasteiger partial charge in [-0.1, -0.05) is 48.5 Å². The van der Waals surface area contributed by atoms with Gasteiger partial charge in [-0.2, -0.15) is 0 Å². The minimum Gasteiger partial charge on any atom is -0.508 e. The Morgan fingerprint density at radius 1 is 0.712 bits per heavy atom. The molecule has 302 valence electrons. The largest absolute Gasteiger partial charge is 0.508 e. The molecule has 6 aliphatic rings. The number of rotatable bonds is 6. The zero-order valence-electron chi connectivity index (χ0n) is 33.2. The molecule has 0 saturated carbocycles. The molecule has 0 bridgehead atoms. The first-order valence-electron chi connectivity index (χ1n) is 21.2. The summed E-state index contributed by atoms with van der Waals surface area (Å²) in [7, 11) is 0. The van der Waals surface area contributed by atoms with Crippen LogP contribution in [0.3, 0.4) is 0 Å². The molecule has 5 aliphatic heterocycles. The number of phenolic OH excluding ortho intramolecular Hbond substituents is 1. The Kier molecular flexibility index (Phi) is 9.38. The topological polar surface area (TPSA) is 131 Å². The molecule has 2 N–H and O–H groups in total. The lowest BCUT2D eigenvalue weighted by molar-refractivity contribution is -0.137. The molecule has 0 radical (unpaired) electrons. The van der Waals surface area contributed by atoms with Gasteiger partial charge >= 0.3 is 0 Å². The summed E-state index contributed by atoms with van der Waals surface area (Å²) in [6.45, 7) is 4.80. The smallest absolute Gasteiger partial charge is 0.262 e. The van der Waals surface area contributed by atoms with E-state index in [0.717, 1.165) is 80.7 Å². The first-order chi connectivity index (χ1) is 28.6. The fraction of sp³-hybridized carbons (Fsp3) is 0.396. The predicted molar refractivity (Wildman–Crippen MR) is 221 cm³/mol. The third kappa shape index (κ3) is 6.79. The predicted octanol–water partition coefficient (Wildman–Crippen LogP) is 5.88. The number of imide groups is 2. The highest BCUT2D eigenvalue weighted by atomic mass is 16.3. The number of aryl methyl sites for hydroxylation is 1. The summed E-state index contributed by atoms with van der Waals surface area (Å²) in [5.74, 6) is -0.992. The van der Waals surface area contributed by atoms with Gasteiger partial charge in [-0.05, 0) is 126 Å². The molecular formula is C48H49N5O6. The van der Waals surface area contributed by atoms with Crippen molar-refractivity contribution in [3.8, 4) is 5.75 Å². The monoisotopic (exact) mass is 791 g/mol. The van der Waals surface area contributed by atoms with E-state index in [0.29, 0.717) is 24.8 Å². The molecule has 1 unspecified atom stereocenters. The van der Waals surface area contributed by atoms with E-state index in [9.17, 15) is 29.1 Å². The van der Waals surface area contributed by atoms with E-state index in [4.69, 9.17) is 0 Å². The number of anilines is 1. The van der Waals surface area contributed by atoms with Crippen LogP contribution in [0, 0.1) is 5.41 Å². The number of carbonyl (C=O) groups is 5. The van der Waals surface area contributed by atoms with Gasteiger partial charge in [0.1, 0.15) is 11.8 Å². The number of piperidine rings is 3. The molecule has 10 rings (SSSR count). The van der Waals surface area contributed by atoms with Crippen LogP contribution in [-0.2, 0) is 33.9 Å². The van der Waals surface area contributed by atoms with E-state index in [1.54, 1.807) is 12.1 Å². The average molecular weight is 792 g/mol. The van der Waals surface area contributed by atoms with Crippen LogP contribution in [-0.4, -0.2) is 88.1 Å². The Hall–Kier alpha value is -5.81. The van der Waals surface area contributed by atoms with Gasteiger partial charge in [0, 0.05) is 57.3 Å². The van der Waals surface area contributed by atoms with E-state index >= 15 is 0 Å². The summed E-state index contributed by atoms with van der Waals surface area (Å²) >= 11 is 0. The summed E-state index contributed by atoms with van der Waals surface area (Å²) < 4.78 is 0. The summed E-state index contributed by atoms with van der Waals surface area (Å²) in [4.78, 5) is 72.0. The number of hydrogen-bond acceptors (Lipinski definition) is 8. The van der Waals surface area contributed by atoms with Crippen LogP contribution in [0.2, 0.25) is 0 Å². The van der Waals surface area contributed by atoms with Crippen LogP contribution < -0.4 is 10.2 Å². The summed E-state index contributed by atoms with van der Waals surface area (Å²) in [5, 5.41) is 12.5. The minimum atomic E-state index is -0.990. The molecule has 59 heavy (non-hydrogen) atoms. The van der Waals surface area contributed by atoms with Crippen LogP contribution in [0.4, 0.5) is 5.69 Å². The molecule has 11 nitrogen and oxygen atoms in total. The molecular weight excluding hydrogens is 743 g/mol. The van der Waals surface area contributed by atoms with Gasteiger partial charge in [0.15, 0.2) is 0 Å². The Morgan fingerprint density at radius 2 is 1.37 bits per heavy atom. The Labute approximate surface area is 344 Å². The number of carbonyl (C=O) groups excluding carboxylic acids is 5. The lowest BCUT2D eigenvalue weighted by Crippen LogP contribution is -2.54. The maximum Gasteiger partial charge on any atom is 0.262 e. The number of aromatic hydroxyl groups is 1. The maximum absolute atomic E-state index is 13.6. The van der Waals surface area contributed by atoms with E-state index in [2.05, 4.69) is 75.8 Å². The number of phenols is 1. The highest BCUT2D eigenvalue weighted by molar-refractivity contribution is 6.23. The van der Waals surface area contributed by atoms with Crippen molar-refractivity contribution in [2.45, 2.75) is 82.3 Å². The lowest BCUT2D eigenvalue weighted by Gasteiger charge is -2.47. The van der Waals surface area contributed by atoms with Crippen molar-refractivity contribution in [1.29, 1.82) is 0 Å². The lowest BCUT2D eigenvalue weighted by atomic mass is 9.69. The van der Waals surface area contributed by atoms with Crippen LogP contribution in [0.5, 0.6) is 5.75 Å². The van der Waals surface area contributed by atoms with Crippen molar-refractivity contribution in [2.75, 3.05) is 37.6 Å². The van der Waals surface area contributed by atoms with Crippen LogP contribution >= 0.6 is 0 Å². The van der Waals surface area contributed by atoms with E-state index in [1.807, 2.05) is 17.0 Å². The second-order valence-corrected chi connectivity index (χ2v) is 17.6. The van der Waals surface area contributed by atoms with Crippen LogP contribution in [0.25, 0.3) is 0 Å². The van der Waals surface area contributed by atoms with Gasteiger partial charge in [-0.25, -0.2) is 0 Å². The van der Waals surface area contributed by atoms with Gasteiger partial charge in [0.05, 0.1) is 17.7 Å². The third-order valence-electron chi connectivity index (χ3n) is 14.3. The van der Waals surface area contributed by atoms with Crippen molar-refractivity contribution < 1.29 is 29.1 Å². The molecule has 5 amide bonds. The van der Waals surface area contributed by atoms with Crippen LogP contribution in [0.15, 0.2) is 84.9 Å². The molecule has 3 fully saturated rings. The fourth-order valence-corrected chi connectivity index (χ4v) is 11.0. The van der Waals surface area contributed by atoms with Gasteiger partial charge in [0.2, 0.25) is 17.7 Å². The average Bonchev–Trinajstić information content (AvgIpc) is 3.75. The maximum atomic E-state index is 13.6. The summed E-state index contributed by atoms with van der Waals surface area (Å²) in [5.41, 5.74) is 9.12. The van der Waals surface area contributed by atoms with Crippen LogP contribution in [0.1, 0.15) is 111 Å². The SMILES string of the molecule is O=C1CCC(N2C(=O)c3cc4c(cc3C2=O)CN(CC(=O)N2CCC3(CC2)CCN(c2ccc([C@@H]5c6ccc(O)cc6CC[C@@H]5c5ccccc5)cc2)CC3)C4)C(=O)N1. The molecule has 5 heterocycles. The zero-order valence-corrected chi connectivity index (χ0v) is 33.2. The van der Waals surface area contributed by atoms with Crippen molar-refractivity contribution in [3.05, 3.63) is 129 Å². The molecule has 4 aromatic rings. The molecule has 1 spiro atoms. The van der Waals surface area contributed by atoms with E-state index in [1.165, 1.54) is 27.9 Å². The van der Waals surface area contributed by atoms with Crippen molar-refractivity contribution in [1.82, 2.24) is 20.0 Å². The Balaban J connectivity index is 0.732. The Bertz CT molecular complexity index is 2320. The zero-order chi connectivity index (χ0) is 40.4. The standard InChI is InChI=1S/C48H49N5O6/c54-36-11-13-38-32(24-36)8-12-37(30-4-2-1-3-5-30)44(38)31-6-9-35(10-7-31)51-20-16-48(17-21-51)18-22-52(23-19-48)43(56)29-50-27-33-25-39-40(26-34(33)28-50)47(59)53(46(39)58)41-14-15-42(55)49-45(41)57/h1-7,9-11,13,24-26,37,41,44,54H,8,12,14-23,27-29H2,(H,49,55,57)/t37-,41?,44+/m1/s1. The number of nitrogens with zero attached hydrogens (tertiary/aromatic N) is 4. The molecule has 1 aliphatic carbocycles. The first-order valence-corrected chi connectivity index (χ1v) is 21.2. The number of fused-ring (bicyclic) bond motifs is 3. The number of hydrogen-bond donors (Lipinski definition) is 2. The van der Waals surface area contributed by atoms with Gasteiger partial charge in [-0.15, -0.1) is 0 Å². The second-order valence-electron chi connectivity index (χ2n) is 17.6. The second kappa shape index (κ2) is 14.8. The summed E-state index contributed by atoms with van der Waals surface area (Å²) in [6, 6.07) is 28.4. The number of benzene rings is 4. The van der Waals surface area contributed by atoms with Crippen molar-refractivity contribution in [2.24, 2.45) is 5.41 Å². The van der Waals surface area contributed by atoms with Gasteiger partial charge < -0.3 is 14.9 Å². The third-order valence-corrected chi connectivity index (χ3v) is 14.3. The van der Waals surface area contributed by atoms with E-state index < -0.39 is 29.7 Å². The number of nitrogens with one attached hydrogen (secondary N) is 1. The minimum absolute atomic E-state index is 0.0809. The highest BCUT2D eigenvalue weighted by Gasteiger charge is 2.46.